The third-order valence-electron chi connectivity index (χ3n) is 4.13. The van der Waals surface area contributed by atoms with Crippen molar-refractivity contribution in [3.05, 3.63) is 29.8 Å². The van der Waals surface area contributed by atoms with Crippen LogP contribution in [0, 0.1) is 0 Å². The molecule has 1 aromatic carbocycles. The Kier molecular flexibility index (Phi) is 5.59. The number of methoxy groups -OCH3 is 1. The molecule has 1 fully saturated rings. The van der Waals surface area contributed by atoms with E-state index >= 15 is 0 Å². The fourth-order valence-electron chi connectivity index (χ4n) is 2.69. The highest BCUT2D eigenvalue weighted by Gasteiger charge is 2.25. The summed E-state index contributed by atoms with van der Waals surface area (Å²) < 4.78 is 5.32. The van der Waals surface area contributed by atoms with E-state index in [4.69, 9.17) is 4.74 Å². The molecule has 2 amide bonds. The van der Waals surface area contributed by atoms with Crippen LogP contribution < -0.4 is 16.0 Å². The van der Waals surface area contributed by atoms with Crippen LogP contribution in [0.25, 0.3) is 0 Å². The van der Waals surface area contributed by atoms with Gasteiger partial charge in [0.05, 0.1) is 6.10 Å². The third kappa shape index (κ3) is 4.44. The van der Waals surface area contributed by atoms with Crippen LogP contribution in [0.15, 0.2) is 24.3 Å². The lowest BCUT2D eigenvalue weighted by Gasteiger charge is -2.15. The second kappa shape index (κ2) is 7.43. The zero-order valence-corrected chi connectivity index (χ0v) is 13.0. The molecule has 3 atom stereocenters. The van der Waals surface area contributed by atoms with Gasteiger partial charge < -0.3 is 20.7 Å². The topological polar surface area (TPSA) is 62.4 Å². The fourth-order valence-corrected chi connectivity index (χ4v) is 2.69. The lowest BCUT2D eigenvalue weighted by atomic mass is 10.1. The molecule has 1 aliphatic carbocycles. The normalized spacial score (nSPS) is 22.8. The first-order valence-corrected chi connectivity index (χ1v) is 7.50. The van der Waals surface area contributed by atoms with Crippen molar-refractivity contribution in [1.29, 1.82) is 0 Å². The summed E-state index contributed by atoms with van der Waals surface area (Å²) in [6, 6.07) is 8.21. The minimum atomic E-state index is -0.147. The van der Waals surface area contributed by atoms with Gasteiger partial charge >= 0.3 is 6.03 Å². The van der Waals surface area contributed by atoms with Crippen LogP contribution >= 0.6 is 0 Å². The summed E-state index contributed by atoms with van der Waals surface area (Å²) in [5, 5.41) is 9.10. The van der Waals surface area contributed by atoms with Gasteiger partial charge in [-0.25, -0.2) is 4.79 Å². The quantitative estimate of drug-likeness (QED) is 0.781. The number of urea groups is 1. The average Bonchev–Trinajstić information content (AvgIpc) is 2.94. The van der Waals surface area contributed by atoms with E-state index in [9.17, 15) is 4.79 Å². The van der Waals surface area contributed by atoms with Crippen molar-refractivity contribution in [1.82, 2.24) is 10.6 Å². The van der Waals surface area contributed by atoms with Crippen molar-refractivity contribution >= 4 is 11.7 Å². The predicted molar refractivity (Wildman–Crippen MR) is 84.5 cm³/mol. The highest BCUT2D eigenvalue weighted by atomic mass is 16.5. The van der Waals surface area contributed by atoms with Crippen LogP contribution in [0.1, 0.15) is 37.8 Å². The minimum Gasteiger partial charge on any atom is -0.381 e. The Labute approximate surface area is 126 Å². The number of amides is 2. The van der Waals surface area contributed by atoms with Gasteiger partial charge in [-0.15, -0.1) is 0 Å². The first-order chi connectivity index (χ1) is 10.1. The Morgan fingerprint density at radius 3 is 2.86 bits per heavy atom. The Morgan fingerprint density at radius 2 is 2.19 bits per heavy atom. The van der Waals surface area contributed by atoms with E-state index in [1.54, 1.807) is 7.11 Å². The summed E-state index contributed by atoms with van der Waals surface area (Å²) in [6.45, 7) is 2.09. The molecule has 21 heavy (non-hydrogen) atoms. The monoisotopic (exact) mass is 291 g/mol. The smallest absolute Gasteiger partial charge is 0.319 e. The molecule has 1 saturated carbocycles. The largest absolute Gasteiger partial charge is 0.381 e. The van der Waals surface area contributed by atoms with Crippen LogP contribution in [-0.2, 0) is 4.74 Å². The summed E-state index contributed by atoms with van der Waals surface area (Å²) in [5.74, 6) is 0. The molecule has 1 aliphatic rings. The lowest BCUT2D eigenvalue weighted by molar-refractivity contribution is 0.107. The highest BCUT2D eigenvalue weighted by molar-refractivity contribution is 5.89. The van der Waals surface area contributed by atoms with Gasteiger partial charge in [0, 0.05) is 24.9 Å². The van der Waals surface area contributed by atoms with Crippen LogP contribution in [0.5, 0.6) is 0 Å². The van der Waals surface area contributed by atoms with E-state index in [1.165, 1.54) is 0 Å². The van der Waals surface area contributed by atoms with Gasteiger partial charge in [-0.1, -0.05) is 12.1 Å². The molecule has 5 heteroatoms. The maximum atomic E-state index is 12.0. The van der Waals surface area contributed by atoms with Gasteiger partial charge in [-0.05, 0) is 50.9 Å². The van der Waals surface area contributed by atoms with Crippen LogP contribution in [0.2, 0.25) is 0 Å². The number of carbonyl (C=O) groups is 1. The molecule has 0 aliphatic heterocycles. The molecule has 2 rings (SSSR count). The number of carbonyl (C=O) groups excluding carboxylic acids is 1. The maximum absolute atomic E-state index is 12.0. The summed E-state index contributed by atoms with van der Waals surface area (Å²) in [7, 11) is 3.64. The van der Waals surface area contributed by atoms with E-state index in [0.717, 1.165) is 30.5 Å². The molecule has 0 heterocycles. The minimum absolute atomic E-state index is 0.147. The van der Waals surface area contributed by atoms with Gasteiger partial charge in [0.15, 0.2) is 0 Å². The summed E-state index contributed by atoms with van der Waals surface area (Å²) in [6.07, 6.45) is 3.15. The van der Waals surface area contributed by atoms with Crippen molar-refractivity contribution in [3.8, 4) is 0 Å². The molecule has 3 N–H and O–H groups in total. The van der Waals surface area contributed by atoms with E-state index in [2.05, 4.69) is 22.9 Å². The third-order valence-corrected chi connectivity index (χ3v) is 4.13. The number of hydrogen-bond donors (Lipinski definition) is 3. The van der Waals surface area contributed by atoms with E-state index in [1.807, 2.05) is 31.3 Å². The van der Waals surface area contributed by atoms with Crippen molar-refractivity contribution in [3.63, 3.8) is 0 Å². The SMILES string of the molecule is CNC(C)c1cccc(NC(=O)NC2CCC(OC)C2)c1. The molecule has 0 aromatic heterocycles. The first kappa shape index (κ1) is 15.8. The Hall–Kier alpha value is -1.59. The average molecular weight is 291 g/mol. The zero-order valence-electron chi connectivity index (χ0n) is 13.0. The van der Waals surface area contributed by atoms with Crippen LogP contribution in [0.4, 0.5) is 10.5 Å². The molecule has 0 saturated heterocycles. The molecule has 0 radical (unpaired) electrons. The molecule has 1 aromatic rings. The molecule has 116 valence electrons. The van der Waals surface area contributed by atoms with Gasteiger partial charge in [0.2, 0.25) is 0 Å². The number of rotatable bonds is 5. The van der Waals surface area contributed by atoms with Crippen LogP contribution in [-0.4, -0.2) is 32.3 Å². The standard InChI is InChI=1S/C16H25N3O2/c1-11(17-2)12-5-4-6-13(9-12)18-16(20)19-14-7-8-15(10-14)21-3/h4-6,9,11,14-15,17H,7-8,10H2,1-3H3,(H2,18,19,20). The predicted octanol–water partition coefficient (Wildman–Crippen LogP) is 2.66. The molecular formula is C16H25N3O2. The van der Waals surface area contributed by atoms with E-state index < -0.39 is 0 Å². The lowest BCUT2D eigenvalue weighted by Crippen LogP contribution is -2.36. The van der Waals surface area contributed by atoms with E-state index in [0.29, 0.717) is 0 Å². The molecule has 0 spiro atoms. The number of anilines is 1. The number of benzene rings is 1. The van der Waals surface area contributed by atoms with Gasteiger partial charge in [0.1, 0.15) is 0 Å². The molecule has 0 bridgehead atoms. The Balaban J connectivity index is 1.88. The second-order valence-electron chi connectivity index (χ2n) is 5.60. The molecular weight excluding hydrogens is 266 g/mol. The Bertz CT molecular complexity index is 478. The maximum Gasteiger partial charge on any atom is 0.319 e. The second-order valence-corrected chi connectivity index (χ2v) is 5.60. The van der Waals surface area contributed by atoms with Gasteiger partial charge in [-0.3, -0.25) is 0 Å². The molecule has 3 unspecified atom stereocenters. The fraction of sp³-hybridized carbons (Fsp3) is 0.562. The van der Waals surface area contributed by atoms with E-state index in [-0.39, 0.29) is 24.2 Å². The first-order valence-electron chi connectivity index (χ1n) is 7.50. The number of hydrogen-bond acceptors (Lipinski definition) is 3. The van der Waals surface area contributed by atoms with Gasteiger partial charge in [-0.2, -0.15) is 0 Å². The van der Waals surface area contributed by atoms with Crippen molar-refractivity contribution in [2.45, 2.75) is 44.4 Å². The summed E-state index contributed by atoms with van der Waals surface area (Å²) >= 11 is 0. The number of nitrogens with one attached hydrogen (secondary N) is 3. The summed E-state index contributed by atoms with van der Waals surface area (Å²) in [5.41, 5.74) is 1.96. The molecule has 5 nitrogen and oxygen atoms in total. The van der Waals surface area contributed by atoms with Crippen molar-refractivity contribution in [2.75, 3.05) is 19.5 Å². The Morgan fingerprint density at radius 1 is 1.38 bits per heavy atom. The van der Waals surface area contributed by atoms with Crippen molar-refractivity contribution < 1.29 is 9.53 Å². The van der Waals surface area contributed by atoms with Gasteiger partial charge in [0.25, 0.3) is 0 Å². The van der Waals surface area contributed by atoms with Crippen LogP contribution in [0.3, 0.4) is 0 Å². The number of ether oxygens (including phenoxy) is 1. The summed E-state index contributed by atoms with van der Waals surface area (Å²) in [4.78, 5) is 12.0. The zero-order chi connectivity index (χ0) is 15.2. The van der Waals surface area contributed by atoms with Crippen molar-refractivity contribution in [2.24, 2.45) is 0 Å². The highest BCUT2D eigenvalue weighted by Crippen LogP contribution is 2.22.